The molecule has 1 aliphatic rings. The lowest BCUT2D eigenvalue weighted by atomic mass is 9.83. The van der Waals surface area contributed by atoms with Crippen molar-refractivity contribution in [2.45, 2.75) is 40.5 Å². The normalized spacial score (nSPS) is 25.1. The molecule has 0 amide bonds. The molecule has 1 heteroatoms. The quantitative estimate of drug-likeness (QED) is 0.699. The molecule has 0 bridgehead atoms. The van der Waals surface area contributed by atoms with Gasteiger partial charge in [0.2, 0.25) is 0 Å². The van der Waals surface area contributed by atoms with E-state index in [0.29, 0.717) is 11.8 Å². The van der Waals surface area contributed by atoms with Crippen molar-refractivity contribution in [3.63, 3.8) is 0 Å². The van der Waals surface area contributed by atoms with Crippen LogP contribution < -0.4 is 0 Å². The van der Waals surface area contributed by atoms with Crippen LogP contribution in [0.5, 0.6) is 0 Å². The molecule has 1 nitrogen and oxygen atoms in total. The molecule has 1 fully saturated rings. The minimum Gasteiger partial charge on any atom is -0.381 e. The van der Waals surface area contributed by atoms with Crippen LogP contribution in [0.15, 0.2) is 6.07 Å². The van der Waals surface area contributed by atoms with Crippen molar-refractivity contribution in [1.82, 2.24) is 0 Å². The van der Waals surface area contributed by atoms with Gasteiger partial charge in [0.05, 0.1) is 6.61 Å². The zero-order valence-electron chi connectivity index (χ0n) is 11.1. The number of hydrogen-bond donors (Lipinski definition) is 0. The average Bonchev–Trinajstić information content (AvgIpc) is 2.67. The van der Waals surface area contributed by atoms with E-state index in [-0.39, 0.29) is 0 Å². The van der Waals surface area contributed by atoms with Crippen molar-refractivity contribution in [3.05, 3.63) is 33.9 Å². The topological polar surface area (TPSA) is 9.23 Å². The highest BCUT2D eigenvalue weighted by atomic mass is 16.5. The molecule has 16 heavy (non-hydrogen) atoms. The largest absolute Gasteiger partial charge is 0.381 e. The molecule has 0 aliphatic carbocycles. The Morgan fingerprint density at radius 2 is 1.69 bits per heavy atom. The summed E-state index contributed by atoms with van der Waals surface area (Å²) in [5.41, 5.74) is 7.27. The third kappa shape index (κ3) is 1.78. The zero-order chi connectivity index (χ0) is 11.9. The number of ether oxygens (including phenoxy) is 1. The molecule has 0 saturated carbocycles. The van der Waals surface area contributed by atoms with Crippen molar-refractivity contribution >= 4 is 0 Å². The first-order chi connectivity index (χ1) is 7.52. The smallest absolute Gasteiger partial charge is 0.0538 e. The van der Waals surface area contributed by atoms with Gasteiger partial charge in [-0.05, 0) is 61.4 Å². The Morgan fingerprint density at radius 1 is 1.00 bits per heavy atom. The van der Waals surface area contributed by atoms with Crippen LogP contribution in [-0.2, 0) is 4.74 Å². The van der Waals surface area contributed by atoms with E-state index in [0.717, 1.165) is 13.2 Å². The van der Waals surface area contributed by atoms with Crippen LogP contribution in [-0.4, -0.2) is 13.2 Å². The molecule has 88 valence electrons. The lowest BCUT2D eigenvalue weighted by molar-refractivity contribution is 0.186. The highest BCUT2D eigenvalue weighted by molar-refractivity contribution is 5.45. The molecule has 1 aromatic rings. The van der Waals surface area contributed by atoms with E-state index < -0.39 is 0 Å². The van der Waals surface area contributed by atoms with Gasteiger partial charge in [-0.2, -0.15) is 0 Å². The minimum atomic E-state index is 0.595. The summed E-state index contributed by atoms with van der Waals surface area (Å²) < 4.78 is 5.59. The number of benzene rings is 1. The van der Waals surface area contributed by atoms with Crippen molar-refractivity contribution in [1.29, 1.82) is 0 Å². The number of hydrogen-bond acceptors (Lipinski definition) is 1. The lowest BCUT2D eigenvalue weighted by Crippen LogP contribution is -2.10. The first-order valence-corrected chi connectivity index (χ1v) is 6.17. The molecule has 1 aliphatic heterocycles. The van der Waals surface area contributed by atoms with Crippen LogP contribution in [0.3, 0.4) is 0 Å². The van der Waals surface area contributed by atoms with Gasteiger partial charge in [-0.15, -0.1) is 0 Å². The predicted octanol–water partition coefficient (Wildman–Crippen LogP) is 3.67. The van der Waals surface area contributed by atoms with Crippen LogP contribution in [0.2, 0.25) is 0 Å². The van der Waals surface area contributed by atoms with Gasteiger partial charge in [0.25, 0.3) is 0 Å². The van der Waals surface area contributed by atoms with E-state index in [1.165, 1.54) is 27.8 Å². The summed E-state index contributed by atoms with van der Waals surface area (Å²) >= 11 is 0. The first kappa shape index (κ1) is 11.7. The maximum atomic E-state index is 5.59. The molecule has 1 aromatic carbocycles. The Bertz CT molecular complexity index is 406. The molecule has 0 radical (unpaired) electrons. The van der Waals surface area contributed by atoms with Crippen molar-refractivity contribution in [2.75, 3.05) is 13.2 Å². The van der Waals surface area contributed by atoms with Gasteiger partial charge in [-0.25, -0.2) is 0 Å². The van der Waals surface area contributed by atoms with Gasteiger partial charge in [0.1, 0.15) is 0 Å². The zero-order valence-corrected chi connectivity index (χ0v) is 11.1. The highest BCUT2D eigenvalue weighted by Gasteiger charge is 2.27. The molecule has 1 heterocycles. The Balaban J connectivity index is 2.49. The molecule has 0 spiro atoms. The SMILES string of the molecule is Cc1cc(C2COCC2C)c(C)c(C)c1C. The van der Waals surface area contributed by atoms with Gasteiger partial charge >= 0.3 is 0 Å². The van der Waals surface area contributed by atoms with Gasteiger partial charge in [-0.3, -0.25) is 0 Å². The first-order valence-electron chi connectivity index (χ1n) is 6.17. The van der Waals surface area contributed by atoms with Crippen LogP contribution >= 0.6 is 0 Å². The third-order valence-corrected chi connectivity index (χ3v) is 4.29. The summed E-state index contributed by atoms with van der Waals surface area (Å²) in [6.45, 7) is 13.0. The van der Waals surface area contributed by atoms with Gasteiger partial charge < -0.3 is 4.74 Å². The van der Waals surface area contributed by atoms with Crippen LogP contribution in [0.1, 0.15) is 40.7 Å². The van der Waals surface area contributed by atoms with Crippen LogP contribution in [0.25, 0.3) is 0 Å². The molecule has 1 saturated heterocycles. The second-order valence-electron chi connectivity index (χ2n) is 5.28. The van der Waals surface area contributed by atoms with E-state index in [2.05, 4.69) is 40.7 Å². The summed E-state index contributed by atoms with van der Waals surface area (Å²) in [7, 11) is 0. The molecule has 2 unspecified atom stereocenters. The standard InChI is InChI=1S/C15H22O/c1-9-6-14(13(5)12(4)11(9)3)15-8-16-7-10(15)2/h6,10,15H,7-8H2,1-5H3. The van der Waals surface area contributed by atoms with E-state index in [4.69, 9.17) is 4.74 Å². The second kappa shape index (κ2) is 4.21. The van der Waals surface area contributed by atoms with E-state index in [1.54, 1.807) is 0 Å². The summed E-state index contributed by atoms with van der Waals surface area (Å²) in [6, 6.07) is 2.37. The summed E-state index contributed by atoms with van der Waals surface area (Å²) in [5.74, 6) is 1.25. The minimum absolute atomic E-state index is 0.595. The molecule has 0 N–H and O–H groups in total. The Hall–Kier alpha value is -0.820. The second-order valence-corrected chi connectivity index (χ2v) is 5.28. The van der Waals surface area contributed by atoms with Crippen LogP contribution in [0.4, 0.5) is 0 Å². The van der Waals surface area contributed by atoms with E-state index in [9.17, 15) is 0 Å². The van der Waals surface area contributed by atoms with Crippen molar-refractivity contribution < 1.29 is 4.74 Å². The van der Waals surface area contributed by atoms with Crippen molar-refractivity contribution in [2.24, 2.45) is 5.92 Å². The maximum Gasteiger partial charge on any atom is 0.0538 e. The molecule has 2 atom stereocenters. The number of aryl methyl sites for hydroxylation is 1. The fraction of sp³-hybridized carbons (Fsp3) is 0.600. The summed E-state index contributed by atoms with van der Waals surface area (Å²) in [6.07, 6.45) is 0. The van der Waals surface area contributed by atoms with Gasteiger partial charge in [0, 0.05) is 12.5 Å². The highest BCUT2D eigenvalue weighted by Crippen LogP contribution is 2.35. The Kier molecular flexibility index (Phi) is 3.07. The molecular weight excluding hydrogens is 196 g/mol. The van der Waals surface area contributed by atoms with Crippen molar-refractivity contribution in [3.8, 4) is 0 Å². The summed E-state index contributed by atoms with van der Waals surface area (Å²) in [4.78, 5) is 0. The molecule has 2 rings (SSSR count). The molecule has 0 aromatic heterocycles. The predicted molar refractivity (Wildman–Crippen MR) is 68.1 cm³/mol. The fourth-order valence-electron chi connectivity index (χ4n) is 2.69. The van der Waals surface area contributed by atoms with E-state index in [1.807, 2.05) is 0 Å². The lowest BCUT2D eigenvalue weighted by Gasteiger charge is -2.20. The van der Waals surface area contributed by atoms with E-state index >= 15 is 0 Å². The number of rotatable bonds is 1. The molecular formula is C15H22O. The van der Waals surface area contributed by atoms with Gasteiger partial charge in [0.15, 0.2) is 0 Å². The van der Waals surface area contributed by atoms with Crippen LogP contribution in [0, 0.1) is 33.6 Å². The van der Waals surface area contributed by atoms with Gasteiger partial charge in [-0.1, -0.05) is 13.0 Å². The third-order valence-electron chi connectivity index (χ3n) is 4.29. The maximum absolute atomic E-state index is 5.59. The monoisotopic (exact) mass is 218 g/mol. The summed E-state index contributed by atoms with van der Waals surface area (Å²) in [5, 5.41) is 0. The average molecular weight is 218 g/mol. The Morgan fingerprint density at radius 3 is 2.25 bits per heavy atom. The fourth-order valence-corrected chi connectivity index (χ4v) is 2.69. The Labute approximate surface area is 98.8 Å².